The van der Waals surface area contributed by atoms with E-state index in [1.165, 1.54) is 17.0 Å². The molecule has 0 atom stereocenters. The fourth-order valence-corrected chi connectivity index (χ4v) is 3.16. The predicted molar refractivity (Wildman–Crippen MR) is 92.5 cm³/mol. The molecule has 6 nitrogen and oxygen atoms in total. The number of halogens is 1. The first-order chi connectivity index (χ1) is 10.3. The zero-order valence-electron chi connectivity index (χ0n) is 12.3. The first kappa shape index (κ1) is 21.8. The fourth-order valence-electron chi connectivity index (χ4n) is 1.30. The van der Waals surface area contributed by atoms with Gasteiger partial charge in [-0.3, -0.25) is 0 Å². The molecule has 0 bridgehead atoms. The molecular weight excluding hydrogens is 348 g/mol. The Morgan fingerprint density at radius 3 is 2.27 bits per heavy atom. The SMILES string of the molecule is Cl.NCCOCCOCCOCCSSc1cccc[n+]1[O-]. The van der Waals surface area contributed by atoms with E-state index >= 15 is 0 Å². The van der Waals surface area contributed by atoms with Crippen molar-refractivity contribution in [2.24, 2.45) is 5.73 Å². The van der Waals surface area contributed by atoms with Crippen LogP contribution in [0.4, 0.5) is 0 Å². The number of nitrogens with two attached hydrogens (primary N) is 1. The average Bonchev–Trinajstić information content (AvgIpc) is 2.50. The lowest BCUT2D eigenvalue weighted by Crippen LogP contribution is -2.27. The van der Waals surface area contributed by atoms with Gasteiger partial charge in [-0.1, -0.05) is 10.8 Å². The Kier molecular flexibility index (Phi) is 15.5. The highest BCUT2D eigenvalue weighted by molar-refractivity contribution is 8.76. The first-order valence-corrected chi connectivity index (χ1v) is 9.07. The molecule has 0 aliphatic rings. The molecular formula is C13H23ClN2O4S2. The largest absolute Gasteiger partial charge is 0.618 e. The Hall–Kier alpha value is -0.220. The number of rotatable bonds is 13. The first-order valence-electron chi connectivity index (χ1n) is 6.75. The second-order valence-electron chi connectivity index (χ2n) is 3.90. The molecule has 1 heterocycles. The lowest BCUT2D eigenvalue weighted by molar-refractivity contribution is -0.645. The van der Waals surface area contributed by atoms with Crippen molar-refractivity contribution in [3.63, 3.8) is 0 Å². The Balaban J connectivity index is 0.00000441. The number of nitrogens with zero attached hydrogens (tertiary/aromatic N) is 1. The maximum atomic E-state index is 11.4. The topological polar surface area (TPSA) is 80.7 Å². The van der Waals surface area contributed by atoms with Crippen molar-refractivity contribution in [1.82, 2.24) is 0 Å². The minimum absolute atomic E-state index is 0. The van der Waals surface area contributed by atoms with Crippen molar-refractivity contribution in [2.75, 3.05) is 51.9 Å². The molecule has 22 heavy (non-hydrogen) atoms. The van der Waals surface area contributed by atoms with Crippen LogP contribution in [0.2, 0.25) is 0 Å². The lowest BCUT2D eigenvalue weighted by Gasteiger charge is -2.06. The van der Waals surface area contributed by atoms with Gasteiger partial charge in [0.2, 0.25) is 0 Å². The Labute approximate surface area is 145 Å². The van der Waals surface area contributed by atoms with Crippen LogP contribution < -0.4 is 10.5 Å². The van der Waals surface area contributed by atoms with Crippen LogP contribution in [0.15, 0.2) is 29.4 Å². The van der Waals surface area contributed by atoms with E-state index < -0.39 is 0 Å². The highest BCUT2D eigenvalue weighted by Crippen LogP contribution is 2.27. The summed E-state index contributed by atoms with van der Waals surface area (Å²) < 4.78 is 16.8. The van der Waals surface area contributed by atoms with Gasteiger partial charge in [-0.2, -0.15) is 4.73 Å². The minimum Gasteiger partial charge on any atom is -0.618 e. The molecule has 2 N–H and O–H groups in total. The Morgan fingerprint density at radius 2 is 1.64 bits per heavy atom. The van der Waals surface area contributed by atoms with Gasteiger partial charge >= 0.3 is 0 Å². The van der Waals surface area contributed by atoms with E-state index in [1.54, 1.807) is 22.9 Å². The fraction of sp³-hybridized carbons (Fsp3) is 0.615. The predicted octanol–water partition coefficient (Wildman–Crippen LogP) is 1.49. The summed E-state index contributed by atoms with van der Waals surface area (Å²) >= 11 is 0. The molecule has 0 aliphatic heterocycles. The molecule has 9 heteroatoms. The van der Waals surface area contributed by atoms with Crippen molar-refractivity contribution < 1.29 is 18.9 Å². The smallest absolute Gasteiger partial charge is 0.261 e. The van der Waals surface area contributed by atoms with E-state index in [2.05, 4.69) is 0 Å². The molecule has 0 amide bonds. The van der Waals surface area contributed by atoms with Crippen LogP contribution in [0.25, 0.3) is 0 Å². The highest BCUT2D eigenvalue weighted by Gasteiger charge is 2.04. The van der Waals surface area contributed by atoms with Gasteiger partial charge < -0.3 is 25.2 Å². The summed E-state index contributed by atoms with van der Waals surface area (Å²) in [4.78, 5) is 0. The molecule has 0 aliphatic carbocycles. The second-order valence-corrected chi connectivity index (χ2v) is 6.33. The normalized spacial score (nSPS) is 10.4. The summed E-state index contributed by atoms with van der Waals surface area (Å²) in [6.07, 6.45) is 1.49. The molecule has 0 aromatic carbocycles. The summed E-state index contributed by atoms with van der Waals surface area (Å²) in [5, 5.41) is 12.1. The van der Waals surface area contributed by atoms with E-state index in [4.69, 9.17) is 19.9 Å². The van der Waals surface area contributed by atoms with Gasteiger partial charge in [0.15, 0.2) is 6.20 Å². The van der Waals surface area contributed by atoms with Gasteiger partial charge in [0.25, 0.3) is 5.03 Å². The van der Waals surface area contributed by atoms with Crippen LogP contribution in [-0.2, 0) is 14.2 Å². The summed E-state index contributed by atoms with van der Waals surface area (Å²) in [5.41, 5.74) is 5.29. The van der Waals surface area contributed by atoms with Crippen LogP contribution in [0.1, 0.15) is 0 Å². The third-order valence-electron chi connectivity index (χ3n) is 2.25. The van der Waals surface area contributed by atoms with E-state index in [-0.39, 0.29) is 12.4 Å². The zero-order valence-corrected chi connectivity index (χ0v) is 14.8. The Morgan fingerprint density at radius 1 is 1.00 bits per heavy atom. The van der Waals surface area contributed by atoms with Crippen molar-refractivity contribution in [2.45, 2.75) is 5.03 Å². The number of aromatic nitrogens is 1. The van der Waals surface area contributed by atoms with E-state index in [0.717, 1.165) is 10.5 Å². The number of ether oxygens (including phenoxy) is 3. The molecule has 0 unspecified atom stereocenters. The summed E-state index contributed by atoms with van der Waals surface area (Å²) in [6, 6.07) is 5.36. The second kappa shape index (κ2) is 15.7. The van der Waals surface area contributed by atoms with Gasteiger partial charge in [-0.05, 0) is 6.07 Å². The van der Waals surface area contributed by atoms with E-state index in [1.807, 2.05) is 6.07 Å². The number of pyridine rings is 1. The monoisotopic (exact) mass is 370 g/mol. The van der Waals surface area contributed by atoms with Gasteiger partial charge in [0.1, 0.15) is 0 Å². The van der Waals surface area contributed by atoms with Crippen LogP contribution in [0.3, 0.4) is 0 Å². The Bertz CT molecular complexity index is 378. The van der Waals surface area contributed by atoms with Gasteiger partial charge in [0, 0.05) is 35.2 Å². The van der Waals surface area contributed by atoms with Crippen LogP contribution in [0.5, 0.6) is 0 Å². The van der Waals surface area contributed by atoms with Crippen molar-refractivity contribution >= 4 is 34.0 Å². The molecule has 0 radical (unpaired) electrons. The molecule has 1 rings (SSSR count). The van der Waals surface area contributed by atoms with Crippen molar-refractivity contribution in [3.8, 4) is 0 Å². The highest BCUT2D eigenvalue weighted by atomic mass is 35.5. The molecule has 1 aromatic rings. The minimum atomic E-state index is 0. The molecule has 128 valence electrons. The molecule has 0 saturated carbocycles. The van der Waals surface area contributed by atoms with E-state index in [0.29, 0.717) is 51.2 Å². The maximum absolute atomic E-state index is 11.4. The van der Waals surface area contributed by atoms with Crippen molar-refractivity contribution in [1.29, 1.82) is 0 Å². The molecule has 0 spiro atoms. The standard InChI is InChI=1S/C13H22N2O4S2.ClH/c14-4-6-17-7-8-18-9-10-19-11-12-20-21-13-3-1-2-5-15(13)16;/h1-3,5H,4,6-12,14H2;1H. The molecule has 1 aromatic heterocycles. The van der Waals surface area contributed by atoms with Crippen LogP contribution in [-0.4, -0.2) is 51.9 Å². The van der Waals surface area contributed by atoms with Gasteiger partial charge in [-0.15, -0.1) is 12.4 Å². The maximum Gasteiger partial charge on any atom is 0.261 e. The van der Waals surface area contributed by atoms with E-state index in [9.17, 15) is 5.21 Å². The summed E-state index contributed by atoms with van der Waals surface area (Å²) in [6.45, 7) is 3.99. The lowest BCUT2D eigenvalue weighted by atomic mass is 10.5. The number of hydrogen-bond acceptors (Lipinski definition) is 7. The average molecular weight is 371 g/mol. The molecule has 0 fully saturated rings. The summed E-state index contributed by atoms with van der Waals surface area (Å²) in [7, 11) is 3.05. The molecule has 0 saturated heterocycles. The quantitative estimate of drug-likeness (QED) is 0.244. The van der Waals surface area contributed by atoms with Crippen LogP contribution in [0, 0.1) is 5.21 Å². The summed E-state index contributed by atoms with van der Waals surface area (Å²) in [5.74, 6) is 0.819. The van der Waals surface area contributed by atoms with Crippen molar-refractivity contribution in [3.05, 3.63) is 29.6 Å². The van der Waals surface area contributed by atoms with Gasteiger partial charge in [0.05, 0.1) is 39.6 Å². The van der Waals surface area contributed by atoms with Crippen LogP contribution >= 0.6 is 34.0 Å². The number of hydrogen-bond donors (Lipinski definition) is 1. The third-order valence-corrected chi connectivity index (χ3v) is 4.55. The third kappa shape index (κ3) is 11.4. The van der Waals surface area contributed by atoms with Gasteiger partial charge in [-0.25, -0.2) is 0 Å². The zero-order chi connectivity index (χ0) is 15.2.